The quantitative estimate of drug-likeness (QED) is 0.160. The smallest absolute Gasteiger partial charge is 0.258 e. The molecule has 2 heterocycles. The van der Waals surface area contributed by atoms with Gasteiger partial charge in [-0.1, -0.05) is 20.8 Å². The predicted molar refractivity (Wildman–Crippen MR) is 140 cm³/mol. The lowest BCUT2D eigenvalue weighted by Crippen LogP contribution is -2.26. The molecule has 0 saturated heterocycles. The third-order valence-electron chi connectivity index (χ3n) is 6.27. The number of hydrogen-bond acceptors (Lipinski definition) is 8. The average molecular weight is 506 g/mol. The molecule has 7 nitrogen and oxygen atoms in total. The van der Waals surface area contributed by atoms with E-state index in [-0.39, 0.29) is 11.1 Å². The van der Waals surface area contributed by atoms with Crippen molar-refractivity contribution in [3.05, 3.63) is 67.3 Å². The molecule has 0 spiro atoms. The Bertz CT molecular complexity index is 1350. The van der Waals surface area contributed by atoms with Crippen molar-refractivity contribution in [1.82, 2.24) is 9.97 Å². The minimum absolute atomic E-state index is 0.0175. The fourth-order valence-corrected chi connectivity index (χ4v) is 6.49. The third kappa shape index (κ3) is 5.60. The Labute approximate surface area is 213 Å². The van der Waals surface area contributed by atoms with Gasteiger partial charge < -0.3 is 0 Å². The molecule has 2 aromatic heterocycles. The van der Waals surface area contributed by atoms with Crippen LogP contribution in [-0.4, -0.2) is 21.1 Å². The lowest BCUT2D eigenvalue weighted by Gasteiger charge is -2.33. The number of aliphatic imine (C=N–C) groups is 1. The average Bonchev–Trinajstić information content (AvgIpc) is 3.13. The van der Waals surface area contributed by atoms with Crippen LogP contribution in [0.2, 0.25) is 0 Å². The number of nitrogens with zero attached hydrogens (tertiary/aromatic N) is 5. The molecule has 1 atom stereocenters. The van der Waals surface area contributed by atoms with Crippen molar-refractivity contribution in [2.75, 3.05) is 0 Å². The van der Waals surface area contributed by atoms with E-state index in [0.29, 0.717) is 27.2 Å². The van der Waals surface area contributed by atoms with Crippen LogP contribution in [-0.2, 0) is 12.8 Å². The van der Waals surface area contributed by atoms with Gasteiger partial charge in [-0.3, -0.25) is 10.1 Å². The van der Waals surface area contributed by atoms with Crippen molar-refractivity contribution < 1.29 is 4.92 Å². The molecular formula is C26H27N5O2S2. The Balaban J connectivity index is 1.70. The predicted octanol–water partition coefficient (Wildman–Crippen LogP) is 6.99. The molecule has 0 aliphatic heterocycles. The summed E-state index contributed by atoms with van der Waals surface area (Å²) in [4.78, 5) is 26.6. The molecule has 9 heteroatoms. The van der Waals surface area contributed by atoms with Crippen LogP contribution in [0.15, 0.2) is 39.3 Å². The number of thiophene rings is 1. The first-order valence-electron chi connectivity index (χ1n) is 11.4. The van der Waals surface area contributed by atoms with E-state index < -0.39 is 4.92 Å². The summed E-state index contributed by atoms with van der Waals surface area (Å²) in [7, 11) is 0. The number of hydrogen-bond donors (Lipinski definition) is 0. The zero-order chi connectivity index (χ0) is 25.3. The Kier molecular flexibility index (Phi) is 7.06. The number of nitriles is 1. The standard InChI is InChI=1S/C26H27N5O2S2/c1-15-10-16(2)30-25(29-15)35-22-9-7-19(31(32)33)11-17(22)14-28-24-21(13-27)20-8-6-18(26(3,4)5)12-23(20)34-24/h7,9-11,14,18H,6,8,12H2,1-5H3/t18-/m0/s1. The molecule has 0 N–H and O–H groups in total. The Morgan fingerprint density at radius 2 is 1.97 bits per heavy atom. The number of nitro groups is 1. The van der Waals surface area contributed by atoms with E-state index in [4.69, 9.17) is 0 Å². The molecule has 1 aromatic carbocycles. The van der Waals surface area contributed by atoms with E-state index in [1.54, 1.807) is 23.6 Å². The van der Waals surface area contributed by atoms with Gasteiger partial charge in [0.25, 0.3) is 5.69 Å². The molecule has 1 aliphatic carbocycles. The van der Waals surface area contributed by atoms with E-state index in [9.17, 15) is 15.4 Å². The second kappa shape index (κ2) is 9.88. The first kappa shape index (κ1) is 25.0. The Hall–Kier alpha value is -3.09. The molecule has 35 heavy (non-hydrogen) atoms. The van der Waals surface area contributed by atoms with E-state index >= 15 is 0 Å². The molecule has 0 amide bonds. The summed E-state index contributed by atoms with van der Waals surface area (Å²) in [5, 5.41) is 22.5. The molecule has 3 aromatic rings. The molecule has 180 valence electrons. The van der Waals surface area contributed by atoms with Gasteiger partial charge in [-0.2, -0.15) is 5.26 Å². The zero-order valence-electron chi connectivity index (χ0n) is 20.5. The van der Waals surface area contributed by atoms with E-state index in [0.717, 1.165) is 41.1 Å². The third-order valence-corrected chi connectivity index (χ3v) is 8.39. The number of non-ortho nitro benzene ring substituents is 1. The highest BCUT2D eigenvalue weighted by atomic mass is 32.2. The Morgan fingerprint density at radius 3 is 2.60 bits per heavy atom. The van der Waals surface area contributed by atoms with Gasteiger partial charge in [-0.15, -0.1) is 11.3 Å². The second-order valence-corrected chi connectivity index (χ2v) is 12.0. The van der Waals surface area contributed by atoms with Crippen molar-refractivity contribution in [1.29, 1.82) is 5.26 Å². The largest absolute Gasteiger partial charge is 0.270 e. The van der Waals surface area contributed by atoms with Gasteiger partial charge in [-0.05, 0) is 73.9 Å². The van der Waals surface area contributed by atoms with Crippen molar-refractivity contribution in [3.63, 3.8) is 0 Å². The Morgan fingerprint density at radius 1 is 1.26 bits per heavy atom. The molecule has 0 bridgehead atoms. The number of aryl methyl sites for hydroxylation is 2. The van der Waals surface area contributed by atoms with Crippen LogP contribution in [0, 0.1) is 46.6 Å². The molecular weight excluding hydrogens is 478 g/mol. The van der Waals surface area contributed by atoms with Gasteiger partial charge in [0.2, 0.25) is 0 Å². The number of aromatic nitrogens is 2. The minimum Gasteiger partial charge on any atom is -0.258 e. The van der Waals surface area contributed by atoms with Gasteiger partial charge in [0.1, 0.15) is 11.1 Å². The van der Waals surface area contributed by atoms with Crippen LogP contribution in [0.25, 0.3) is 0 Å². The van der Waals surface area contributed by atoms with Gasteiger partial charge in [0, 0.05) is 45.1 Å². The van der Waals surface area contributed by atoms with Gasteiger partial charge in [0.05, 0.1) is 10.5 Å². The van der Waals surface area contributed by atoms with Crippen molar-refractivity contribution >= 4 is 40.0 Å². The summed E-state index contributed by atoms with van der Waals surface area (Å²) in [6, 6.07) is 8.92. The summed E-state index contributed by atoms with van der Waals surface area (Å²) in [5.41, 5.74) is 4.24. The number of benzene rings is 1. The number of fused-ring (bicyclic) bond motifs is 1. The van der Waals surface area contributed by atoms with Crippen LogP contribution < -0.4 is 0 Å². The maximum Gasteiger partial charge on any atom is 0.270 e. The summed E-state index contributed by atoms with van der Waals surface area (Å²) in [6.45, 7) is 10.6. The number of rotatable bonds is 5. The summed E-state index contributed by atoms with van der Waals surface area (Å²) in [6.07, 6.45) is 4.52. The molecule has 4 rings (SSSR count). The molecule has 1 aliphatic rings. The lowest BCUT2D eigenvalue weighted by molar-refractivity contribution is -0.384. The van der Waals surface area contributed by atoms with Crippen LogP contribution in [0.3, 0.4) is 0 Å². The summed E-state index contributed by atoms with van der Waals surface area (Å²) in [5.74, 6) is 0.564. The topological polar surface area (TPSA) is 105 Å². The first-order valence-corrected chi connectivity index (χ1v) is 13.1. The van der Waals surface area contributed by atoms with Crippen LogP contribution in [0.4, 0.5) is 10.7 Å². The summed E-state index contributed by atoms with van der Waals surface area (Å²) >= 11 is 2.90. The van der Waals surface area contributed by atoms with Crippen LogP contribution in [0.5, 0.6) is 0 Å². The second-order valence-electron chi connectivity index (χ2n) is 9.87. The van der Waals surface area contributed by atoms with Gasteiger partial charge in [0.15, 0.2) is 5.16 Å². The molecule has 0 radical (unpaired) electrons. The fraction of sp³-hybridized carbons (Fsp3) is 0.385. The van der Waals surface area contributed by atoms with Crippen LogP contribution in [0.1, 0.15) is 60.1 Å². The maximum atomic E-state index is 11.4. The first-order chi connectivity index (χ1) is 16.5. The minimum atomic E-state index is -0.420. The lowest BCUT2D eigenvalue weighted by atomic mass is 9.72. The van der Waals surface area contributed by atoms with Gasteiger partial charge in [-0.25, -0.2) is 15.0 Å². The SMILES string of the molecule is Cc1cc(C)nc(Sc2ccc([N+](=O)[O-])cc2C=Nc2sc3c(c2C#N)CC[C@H](C(C)(C)C)C3)n1. The van der Waals surface area contributed by atoms with Crippen molar-refractivity contribution in [2.24, 2.45) is 16.3 Å². The highest BCUT2D eigenvalue weighted by Crippen LogP contribution is 2.45. The number of nitro benzene ring substituents is 1. The normalized spacial score (nSPS) is 15.7. The molecule has 0 unspecified atom stereocenters. The highest BCUT2D eigenvalue weighted by molar-refractivity contribution is 7.99. The molecule has 0 fully saturated rings. The van der Waals surface area contributed by atoms with Gasteiger partial charge >= 0.3 is 0 Å². The monoisotopic (exact) mass is 505 g/mol. The van der Waals surface area contributed by atoms with Crippen LogP contribution >= 0.6 is 23.1 Å². The highest BCUT2D eigenvalue weighted by Gasteiger charge is 2.32. The summed E-state index contributed by atoms with van der Waals surface area (Å²) < 4.78 is 0. The van der Waals surface area contributed by atoms with E-state index in [1.165, 1.54) is 28.8 Å². The maximum absolute atomic E-state index is 11.4. The van der Waals surface area contributed by atoms with Crippen molar-refractivity contribution in [3.8, 4) is 6.07 Å². The molecule has 0 saturated carbocycles. The van der Waals surface area contributed by atoms with E-state index in [2.05, 4.69) is 41.8 Å². The zero-order valence-corrected chi connectivity index (χ0v) is 22.1. The fourth-order valence-electron chi connectivity index (χ4n) is 4.33. The van der Waals surface area contributed by atoms with E-state index in [1.807, 2.05) is 19.9 Å². The van der Waals surface area contributed by atoms with Crippen molar-refractivity contribution in [2.45, 2.75) is 63.9 Å².